The van der Waals surface area contributed by atoms with E-state index in [1.165, 1.54) is 19.9 Å². The first-order valence-corrected chi connectivity index (χ1v) is 6.44. The standard InChI is InChI=1S/C12H12FN3O2S/c1-7(17)14-12-15-16(8(2)18)11(19-12)9-5-3-4-6-10(9)13/h3-6,11H,1-2H3,(H,14,15,17)/t11-/m1/s1. The van der Waals surface area contributed by atoms with Crippen LogP contribution in [-0.4, -0.2) is 22.0 Å². The number of rotatable bonds is 1. The minimum absolute atomic E-state index is 0.288. The molecule has 1 aliphatic heterocycles. The van der Waals surface area contributed by atoms with Crippen LogP contribution < -0.4 is 5.32 Å². The van der Waals surface area contributed by atoms with E-state index in [0.717, 1.165) is 16.8 Å². The highest BCUT2D eigenvalue weighted by atomic mass is 32.2. The highest BCUT2D eigenvalue weighted by Gasteiger charge is 2.33. The van der Waals surface area contributed by atoms with Crippen molar-refractivity contribution < 1.29 is 14.0 Å². The van der Waals surface area contributed by atoms with Crippen LogP contribution in [-0.2, 0) is 9.59 Å². The molecule has 1 aliphatic rings. The van der Waals surface area contributed by atoms with Crippen molar-refractivity contribution in [2.45, 2.75) is 19.2 Å². The Morgan fingerprint density at radius 2 is 2.05 bits per heavy atom. The summed E-state index contributed by atoms with van der Waals surface area (Å²) >= 11 is 1.13. The van der Waals surface area contributed by atoms with Crippen molar-refractivity contribution in [1.29, 1.82) is 0 Å². The molecule has 5 nitrogen and oxygen atoms in total. The summed E-state index contributed by atoms with van der Waals surface area (Å²) in [5, 5.41) is 7.35. The first-order chi connectivity index (χ1) is 8.99. The molecule has 2 rings (SSSR count). The Morgan fingerprint density at radius 3 is 2.63 bits per heavy atom. The molecule has 1 aromatic rings. The molecular formula is C12H12FN3O2S. The number of benzene rings is 1. The molecule has 0 radical (unpaired) electrons. The van der Waals surface area contributed by atoms with Crippen molar-refractivity contribution in [3.8, 4) is 0 Å². The van der Waals surface area contributed by atoms with E-state index in [1.54, 1.807) is 18.2 Å². The van der Waals surface area contributed by atoms with Gasteiger partial charge < -0.3 is 5.32 Å². The van der Waals surface area contributed by atoms with Crippen LogP contribution in [0.3, 0.4) is 0 Å². The van der Waals surface area contributed by atoms with Crippen LogP contribution in [0, 0.1) is 5.82 Å². The van der Waals surface area contributed by atoms with E-state index in [1.807, 2.05) is 0 Å². The fourth-order valence-corrected chi connectivity index (χ4v) is 2.80. The van der Waals surface area contributed by atoms with Crippen molar-refractivity contribution in [2.24, 2.45) is 5.10 Å². The van der Waals surface area contributed by atoms with Crippen LogP contribution in [0.1, 0.15) is 24.8 Å². The highest BCUT2D eigenvalue weighted by molar-refractivity contribution is 8.14. The van der Waals surface area contributed by atoms with Gasteiger partial charge in [-0.25, -0.2) is 9.40 Å². The van der Waals surface area contributed by atoms with Gasteiger partial charge in [-0.05, 0) is 6.07 Å². The molecular weight excluding hydrogens is 269 g/mol. The van der Waals surface area contributed by atoms with Gasteiger partial charge in [-0.2, -0.15) is 0 Å². The predicted octanol–water partition coefficient (Wildman–Crippen LogP) is 1.83. The maximum Gasteiger partial charge on any atom is 0.241 e. The Kier molecular flexibility index (Phi) is 3.84. The molecule has 0 saturated carbocycles. The molecule has 1 atom stereocenters. The van der Waals surface area contributed by atoms with Crippen molar-refractivity contribution >= 4 is 28.7 Å². The zero-order valence-electron chi connectivity index (χ0n) is 10.4. The maximum atomic E-state index is 13.8. The molecule has 0 bridgehead atoms. The average Bonchev–Trinajstić information content (AvgIpc) is 2.72. The van der Waals surface area contributed by atoms with Crippen LogP contribution in [0.5, 0.6) is 0 Å². The Morgan fingerprint density at radius 1 is 1.37 bits per heavy atom. The zero-order valence-corrected chi connectivity index (χ0v) is 11.2. The number of carbonyl (C=O) groups is 2. The normalized spacial score (nSPS) is 18.2. The van der Waals surface area contributed by atoms with E-state index >= 15 is 0 Å². The van der Waals surface area contributed by atoms with Gasteiger partial charge in [0.15, 0.2) is 5.17 Å². The summed E-state index contributed by atoms with van der Waals surface area (Å²) in [7, 11) is 0. The van der Waals surface area contributed by atoms with Crippen LogP contribution in [0.25, 0.3) is 0 Å². The molecule has 0 spiro atoms. The molecule has 0 aliphatic carbocycles. The van der Waals surface area contributed by atoms with Gasteiger partial charge in [0, 0.05) is 19.4 Å². The lowest BCUT2D eigenvalue weighted by atomic mass is 10.2. The van der Waals surface area contributed by atoms with E-state index in [9.17, 15) is 14.0 Å². The molecule has 19 heavy (non-hydrogen) atoms. The summed E-state index contributed by atoms with van der Waals surface area (Å²) in [5.41, 5.74) is 0.354. The van der Waals surface area contributed by atoms with Crippen LogP contribution in [0.15, 0.2) is 29.4 Å². The number of thioether (sulfide) groups is 1. The summed E-state index contributed by atoms with van der Waals surface area (Å²) in [6.07, 6.45) is 0. The van der Waals surface area contributed by atoms with Gasteiger partial charge in [-0.15, -0.1) is 5.10 Å². The number of amidine groups is 1. The van der Waals surface area contributed by atoms with Crippen LogP contribution in [0.2, 0.25) is 0 Å². The molecule has 1 N–H and O–H groups in total. The summed E-state index contributed by atoms with van der Waals surface area (Å²) < 4.78 is 13.8. The van der Waals surface area contributed by atoms with Crippen LogP contribution >= 0.6 is 11.8 Å². The lowest BCUT2D eigenvalue weighted by Crippen LogP contribution is -2.25. The quantitative estimate of drug-likeness (QED) is 0.854. The van der Waals surface area contributed by atoms with Crippen molar-refractivity contribution in [3.63, 3.8) is 0 Å². The Bertz CT molecular complexity index is 562. The summed E-state index contributed by atoms with van der Waals surface area (Å²) in [6.45, 7) is 2.69. The topological polar surface area (TPSA) is 61.8 Å². The maximum absolute atomic E-state index is 13.8. The Hall–Kier alpha value is -1.89. The number of hydrogen-bond acceptors (Lipinski definition) is 4. The molecule has 0 aromatic heterocycles. The third kappa shape index (κ3) is 2.93. The molecule has 7 heteroatoms. The number of nitrogens with one attached hydrogen (secondary N) is 1. The van der Waals surface area contributed by atoms with Gasteiger partial charge in [0.2, 0.25) is 11.8 Å². The fourth-order valence-electron chi connectivity index (χ4n) is 1.64. The van der Waals surface area contributed by atoms with E-state index in [0.29, 0.717) is 5.56 Å². The second kappa shape index (κ2) is 5.40. The largest absolute Gasteiger partial charge is 0.304 e. The van der Waals surface area contributed by atoms with Crippen molar-refractivity contribution in [3.05, 3.63) is 35.6 Å². The lowest BCUT2D eigenvalue weighted by molar-refractivity contribution is -0.129. The van der Waals surface area contributed by atoms with Gasteiger partial charge in [-0.1, -0.05) is 30.0 Å². The van der Waals surface area contributed by atoms with Crippen molar-refractivity contribution in [1.82, 2.24) is 10.3 Å². The lowest BCUT2D eigenvalue weighted by Gasteiger charge is -2.19. The second-order valence-electron chi connectivity index (χ2n) is 3.94. The van der Waals surface area contributed by atoms with Crippen LogP contribution in [0.4, 0.5) is 4.39 Å². The molecule has 2 amide bonds. The molecule has 0 fully saturated rings. The van der Waals surface area contributed by atoms with Gasteiger partial charge in [-0.3, -0.25) is 9.59 Å². The monoisotopic (exact) mass is 281 g/mol. The third-order valence-corrected chi connectivity index (χ3v) is 3.50. The van der Waals surface area contributed by atoms with E-state index in [2.05, 4.69) is 10.4 Å². The fraction of sp³-hybridized carbons (Fsp3) is 0.250. The Labute approximate surface area is 113 Å². The highest BCUT2D eigenvalue weighted by Crippen LogP contribution is 2.39. The average molecular weight is 281 g/mol. The van der Waals surface area contributed by atoms with E-state index < -0.39 is 11.2 Å². The number of halogens is 1. The molecule has 0 saturated heterocycles. The first-order valence-electron chi connectivity index (χ1n) is 5.56. The predicted molar refractivity (Wildman–Crippen MR) is 70.5 cm³/mol. The molecule has 100 valence electrons. The van der Waals surface area contributed by atoms with E-state index in [-0.39, 0.29) is 17.0 Å². The minimum atomic E-state index is -0.597. The molecule has 1 aromatic carbocycles. The Balaban J connectivity index is 2.30. The number of hydrogen-bond donors (Lipinski definition) is 1. The number of amides is 2. The van der Waals surface area contributed by atoms with E-state index in [4.69, 9.17) is 0 Å². The minimum Gasteiger partial charge on any atom is -0.304 e. The number of nitrogens with zero attached hydrogens (tertiary/aromatic N) is 2. The number of carbonyl (C=O) groups excluding carboxylic acids is 2. The third-order valence-electron chi connectivity index (χ3n) is 2.42. The SMILES string of the molecule is CC(=O)NC1=NN(C(C)=O)[C@@H](c2ccccc2F)S1. The number of hydrazone groups is 1. The summed E-state index contributed by atoms with van der Waals surface area (Å²) in [5.74, 6) is -1.02. The second-order valence-corrected chi connectivity index (χ2v) is 5.01. The summed E-state index contributed by atoms with van der Waals surface area (Å²) in [6, 6.07) is 6.18. The zero-order chi connectivity index (χ0) is 14.0. The smallest absolute Gasteiger partial charge is 0.241 e. The first kappa shape index (κ1) is 13.5. The summed E-state index contributed by atoms with van der Waals surface area (Å²) in [4.78, 5) is 22.5. The van der Waals surface area contributed by atoms with Gasteiger partial charge in [0.25, 0.3) is 0 Å². The van der Waals surface area contributed by atoms with Gasteiger partial charge in [0.05, 0.1) is 0 Å². The van der Waals surface area contributed by atoms with Crippen molar-refractivity contribution in [2.75, 3.05) is 0 Å². The molecule has 0 unspecified atom stereocenters. The van der Waals surface area contributed by atoms with Gasteiger partial charge in [0.1, 0.15) is 11.2 Å². The van der Waals surface area contributed by atoms with Gasteiger partial charge >= 0.3 is 0 Å². The molecule has 1 heterocycles.